The van der Waals surface area contributed by atoms with E-state index < -0.39 is 0 Å². The second-order valence-electron chi connectivity index (χ2n) is 14.5. The Balaban J connectivity index is 1.20. The normalized spacial score (nSPS) is 11.5. The van der Waals surface area contributed by atoms with Crippen molar-refractivity contribution in [2.24, 2.45) is 0 Å². The number of aromatic nitrogens is 1. The molecule has 9 aromatic carbocycles. The molecule has 0 saturated heterocycles. The van der Waals surface area contributed by atoms with Gasteiger partial charge in [0.2, 0.25) is 0 Å². The molecule has 0 aliphatic heterocycles. The van der Waals surface area contributed by atoms with Gasteiger partial charge in [-0.25, -0.2) is 0 Å². The Bertz CT molecular complexity index is 3230. The van der Waals surface area contributed by atoms with Gasteiger partial charge in [-0.2, -0.15) is 0 Å². The van der Waals surface area contributed by atoms with Crippen LogP contribution in [-0.2, 0) is 0 Å². The highest BCUT2D eigenvalue weighted by Gasteiger charge is 2.22. The Morgan fingerprint density at radius 2 is 0.912 bits per heavy atom. The molecule has 0 unspecified atom stereocenters. The van der Waals surface area contributed by atoms with Gasteiger partial charge in [0.25, 0.3) is 0 Å². The van der Waals surface area contributed by atoms with E-state index in [0.717, 1.165) is 66.8 Å². The molecule has 57 heavy (non-hydrogen) atoms. The average molecular weight is 729 g/mol. The molecule has 0 atom stereocenters. The molecule has 3 nitrogen and oxygen atoms in total. The van der Waals surface area contributed by atoms with E-state index >= 15 is 0 Å². The van der Waals surface area contributed by atoms with Gasteiger partial charge in [0.15, 0.2) is 0 Å². The summed E-state index contributed by atoms with van der Waals surface area (Å²) in [5.74, 6) is 0. The maximum Gasteiger partial charge on any atom is 0.135 e. The lowest BCUT2D eigenvalue weighted by molar-refractivity contribution is 0.669. The van der Waals surface area contributed by atoms with E-state index in [-0.39, 0.29) is 0 Å². The first kappa shape index (κ1) is 32.8. The third kappa shape index (κ3) is 5.60. The molecule has 11 aromatic rings. The zero-order valence-corrected chi connectivity index (χ0v) is 31.1. The fourth-order valence-corrected chi connectivity index (χ4v) is 8.56. The summed E-state index contributed by atoms with van der Waals surface area (Å²) in [6.07, 6.45) is 0. The van der Waals surface area contributed by atoms with E-state index in [1.54, 1.807) is 0 Å². The largest absolute Gasteiger partial charge is 0.456 e. The SMILES string of the molecule is c1ccc(-c2ccc(-c3ccccc3)c(-n3c4ccccc4c4ccc(N(c5ccc6oc7ccccc7c6c5)c5ccccc5-c5ccccc5)cc43)c2)cc1. The number of hydrogen-bond donors (Lipinski definition) is 0. The van der Waals surface area contributed by atoms with Crippen LogP contribution in [0.25, 0.3) is 82.8 Å². The second kappa shape index (κ2) is 13.6. The van der Waals surface area contributed by atoms with Crippen molar-refractivity contribution in [3.63, 3.8) is 0 Å². The molecule has 3 heteroatoms. The summed E-state index contributed by atoms with van der Waals surface area (Å²) >= 11 is 0. The molecule has 2 heterocycles. The average Bonchev–Trinajstić information content (AvgIpc) is 3.82. The number of benzene rings is 9. The predicted octanol–water partition coefficient (Wildman–Crippen LogP) is 15.2. The number of nitrogens with zero attached hydrogens (tertiary/aromatic N) is 2. The maximum absolute atomic E-state index is 6.32. The van der Waals surface area contributed by atoms with Crippen molar-refractivity contribution >= 4 is 60.8 Å². The van der Waals surface area contributed by atoms with Gasteiger partial charge in [0.1, 0.15) is 11.2 Å². The van der Waals surface area contributed by atoms with Crippen molar-refractivity contribution in [1.82, 2.24) is 4.57 Å². The summed E-state index contributed by atoms with van der Waals surface area (Å²) < 4.78 is 8.78. The van der Waals surface area contributed by atoms with Gasteiger partial charge in [0, 0.05) is 44.0 Å². The number of anilines is 3. The van der Waals surface area contributed by atoms with Gasteiger partial charge in [-0.05, 0) is 76.9 Å². The fraction of sp³-hybridized carbons (Fsp3) is 0. The molecule has 0 fully saturated rings. The summed E-state index contributed by atoms with van der Waals surface area (Å²) in [6.45, 7) is 0. The van der Waals surface area contributed by atoms with Gasteiger partial charge in [0.05, 0.1) is 22.4 Å². The molecule has 0 radical (unpaired) electrons. The number of fused-ring (bicyclic) bond motifs is 6. The Hall–Kier alpha value is -7.62. The van der Waals surface area contributed by atoms with E-state index in [2.05, 4.69) is 216 Å². The van der Waals surface area contributed by atoms with Crippen molar-refractivity contribution in [2.45, 2.75) is 0 Å². The molecule has 0 amide bonds. The van der Waals surface area contributed by atoms with E-state index in [1.165, 1.54) is 33.0 Å². The zero-order chi connectivity index (χ0) is 37.7. The van der Waals surface area contributed by atoms with Crippen LogP contribution in [0.1, 0.15) is 0 Å². The Morgan fingerprint density at radius 1 is 0.333 bits per heavy atom. The quantitative estimate of drug-likeness (QED) is 0.163. The monoisotopic (exact) mass is 728 g/mol. The van der Waals surface area contributed by atoms with Gasteiger partial charge in [-0.3, -0.25) is 0 Å². The van der Waals surface area contributed by atoms with Crippen molar-refractivity contribution in [3.05, 3.63) is 218 Å². The Morgan fingerprint density at radius 3 is 1.70 bits per heavy atom. The number of hydrogen-bond acceptors (Lipinski definition) is 2. The first-order valence-corrected chi connectivity index (χ1v) is 19.4. The van der Waals surface area contributed by atoms with Crippen molar-refractivity contribution in [2.75, 3.05) is 4.90 Å². The van der Waals surface area contributed by atoms with Crippen LogP contribution in [0, 0.1) is 0 Å². The molecule has 0 spiro atoms. The lowest BCUT2D eigenvalue weighted by Gasteiger charge is -2.28. The fourth-order valence-electron chi connectivity index (χ4n) is 8.56. The number of para-hydroxylation sites is 3. The van der Waals surface area contributed by atoms with Gasteiger partial charge in [-0.1, -0.05) is 164 Å². The minimum Gasteiger partial charge on any atom is -0.456 e. The first-order valence-electron chi connectivity index (χ1n) is 19.4. The maximum atomic E-state index is 6.32. The lowest BCUT2D eigenvalue weighted by atomic mass is 9.98. The summed E-state index contributed by atoms with van der Waals surface area (Å²) in [4.78, 5) is 2.41. The van der Waals surface area contributed by atoms with Crippen LogP contribution in [0.5, 0.6) is 0 Å². The zero-order valence-electron chi connectivity index (χ0n) is 31.1. The molecule has 0 saturated carbocycles. The van der Waals surface area contributed by atoms with Crippen LogP contribution in [0.15, 0.2) is 223 Å². The third-order valence-electron chi connectivity index (χ3n) is 11.2. The van der Waals surface area contributed by atoms with Crippen LogP contribution in [0.4, 0.5) is 17.1 Å². The third-order valence-corrected chi connectivity index (χ3v) is 11.2. The van der Waals surface area contributed by atoms with E-state index in [9.17, 15) is 0 Å². The molecule has 2 aromatic heterocycles. The van der Waals surface area contributed by atoms with E-state index in [4.69, 9.17) is 4.42 Å². The van der Waals surface area contributed by atoms with Gasteiger partial charge < -0.3 is 13.9 Å². The van der Waals surface area contributed by atoms with E-state index in [0.29, 0.717) is 0 Å². The van der Waals surface area contributed by atoms with Gasteiger partial charge in [-0.15, -0.1) is 0 Å². The second-order valence-corrected chi connectivity index (χ2v) is 14.5. The summed E-state index contributed by atoms with van der Waals surface area (Å²) in [5, 5.41) is 4.61. The molecular formula is C54H36N2O. The van der Waals surface area contributed by atoms with Crippen molar-refractivity contribution in [3.8, 4) is 39.1 Å². The van der Waals surface area contributed by atoms with Crippen LogP contribution < -0.4 is 4.90 Å². The lowest BCUT2D eigenvalue weighted by Crippen LogP contribution is -2.11. The number of rotatable bonds is 7. The van der Waals surface area contributed by atoms with Crippen molar-refractivity contribution in [1.29, 1.82) is 0 Å². The Labute approximate surface area is 330 Å². The van der Waals surface area contributed by atoms with Crippen molar-refractivity contribution < 1.29 is 4.42 Å². The predicted molar refractivity (Wildman–Crippen MR) is 239 cm³/mol. The van der Waals surface area contributed by atoms with Crippen LogP contribution in [0.3, 0.4) is 0 Å². The highest BCUT2D eigenvalue weighted by Crippen LogP contribution is 2.45. The smallest absolute Gasteiger partial charge is 0.135 e. The van der Waals surface area contributed by atoms with Crippen LogP contribution in [0.2, 0.25) is 0 Å². The summed E-state index contributed by atoms with van der Waals surface area (Å²) in [6, 6.07) is 78.3. The standard InChI is InChI=1S/C54H36N2O/c1-4-16-37(17-5-1)40-28-31-44(39-20-8-3-9-21-39)51(34-40)56-50-26-14-11-23-45(50)46-32-29-42(36-52(46)56)55(49-25-13-10-22-43(49)38-18-6-2-7-19-38)41-30-33-54-48(35-41)47-24-12-15-27-53(47)57-54/h1-36H. The Kier molecular flexibility index (Phi) is 7.82. The molecule has 0 aliphatic rings. The summed E-state index contributed by atoms with van der Waals surface area (Å²) in [5.41, 5.74) is 15.4. The minimum atomic E-state index is 0.874. The minimum absolute atomic E-state index is 0.874. The number of furan rings is 1. The highest BCUT2D eigenvalue weighted by molar-refractivity contribution is 6.12. The van der Waals surface area contributed by atoms with Crippen LogP contribution in [-0.4, -0.2) is 4.57 Å². The molecular weight excluding hydrogens is 693 g/mol. The molecule has 0 bridgehead atoms. The molecule has 11 rings (SSSR count). The molecule has 0 aliphatic carbocycles. The first-order chi connectivity index (χ1) is 28.3. The van der Waals surface area contributed by atoms with E-state index in [1.807, 2.05) is 12.1 Å². The topological polar surface area (TPSA) is 21.3 Å². The highest BCUT2D eigenvalue weighted by atomic mass is 16.3. The summed E-state index contributed by atoms with van der Waals surface area (Å²) in [7, 11) is 0. The van der Waals surface area contributed by atoms with Crippen LogP contribution >= 0.6 is 0 Å². The molecule has 268 valence electrons. The molecule has 0 N–H and O–H groups in total. The van der Waals surface area contributed by atoms with Gasteiger partial charge >= 0.3 is 0 Å².